The maximum absolute atomic E-state index is 13.2. The van der Waals surface area contributed by atoms with Crippen LogP contribution < -0.4 is 5.73 Å². The van der Waals surface area contributed by atoms with E-state index in [0.717, 1.165) is 5.56 Å². The van der Waals surface area contributed by atoms with Gasteiger partial charge < -0.3 is 5.73 Å². The molecule has 1 heterocycles. The van der Waals surface area contributed by atoms with Gasteiger partial charge in [0.15, 0.2) is 0 Å². The van der Waals surface area contributed by atoms with Gasteiger partial charge in [0.05, 0.1) is 10.7 Å². The Labute approximate surface area is 91.5 Å². The molecule has 0 aliphatic heterocycles. The molecule has 1 aromatic heterocycles. The van der Waals surface area contributed by atoms with Crippen molar-refractivity contribution in [3.8, 4) is 11.1 Å². The van der Waals surface area contributed by atoms with Crippen LogP contribution >= 0.6 is 11.6 Å². The number of anilines is 1. The van der Waals surface area contributed by atoms with Crippen molar-refractivity contribution in [2.45, 2.75) is 0 Å². The Morgan fingerprint density at radius 2 is 1.93 bits per heavy atom. The number of aromatic nitrogens is 1. The van der Waals surface area contributed by atoms with Gasteiger partial charge in [-0.2, -0.15) is 0 Å². The SMILES string of the molecule is Nc1ccc(-c2cncc(Cl)c2)cc1F. The van der Waals surface area contributed by atoms with Gasteiger partial charge in [-0.15, -0.1) is 0 Å². The highest BCUT2D eigenvalue weighted by atomic mass is 35.5. The van der Waals surface area contributed by atoms with Crippen molar-refractivity contribution in [1.29, 1.82) is 0 Å². The van der Waals surface area contributed by atoms with Crippen LogP contribution in [0.4, 0.5) is 10.1 Å². The van der Waals surface area contributed by atoms with Gasteiger partial charge in [0.2, 0.25) is 0 Å². The standard InChI is InChI=1S/C11H8ClFN2/c12-9-3-8(5-15-6-9)7-1-2-11(14)10(13)4-7/h1-6H,14H2. The highest BCUT2D eigenvalue weighted by Gasteiger charge is 2.03. The second kappa shape index (κ2) is 3.87. The second-order valence-electron chi connectivity index (χ2n) is 3.13. The van der Waals surface area contributed by atoms with E-state index < -0.39 is 5.82 Å². The van der Waals surface area contributed by atoms with Gasteiger partial charge in [0.1, 0.15) is 5.82 Å². The molecule has 0 fully saturated rings. The molecule has 76 valence electrons. The van der Waals surface area contributed by atoms with Crippen molar-refractivity contribution in [3.05, 3.63) is 47.5 Å². The van der Waals surface area contributed by atoms with E-state index in [1.807, 2.05) is 0 Å². The maximum atomic E-state index is 13.2. The molecule has 0 bridgehead atoms. The monoisotopic (exact) mass is 222 g/mol. The van der Waals surface area contributed by atoms with Gasteiger partial charge in [-0.3, -0.25) is 4.98 Å². The predicted octanol–water partition coefficient (Wildman–Crippen LogP) is 3.12. The van der Waals surface area contributed by atoms with Gasteiger partial charge in [-0.05, 0) is 23.8 Å². The molecule has 2 aromatic rings. The Balaban J connectivity index is 2.50. The number of nitrogens with zero attached hydrogens (tertiary/aromatic N) is 1. The molecule has 2 rings (SSSR count). The van der Waals surface area contributed by atoms with Crippen LogP contribution in [-0.4, -0.2) is 4.98 Å². The first-order chi connectivity index (χ1) is 7.16. The summed E-state index contributed by atoms with van der Waals surface area (Å²) in [4.78, 5) is 3.93. The molecule has 0 amide bonds. The van der Waals surface area contributed by atoms with E-state index >= 15 is 0 Å². The van der Waals surface area contributed by atoms with Gasteiger partial charge in [0, 0.05) is 18.0 Å². The number of hydrogen-bond acceptors (Lipinski definition) is 2. The van der Waals surface area contributed by atoms with Crippen LogP contribution in [0.3, 0.4) is 0 Å². The molecule has 1 aromatic carbocycles. The molecule has 4 heteroatoms. The lowest BCUT2D eigenvalue weighted by Gasteiger charge is -2.03. The molecule has 0 spiro atoms. The largest absolute Gasteiger partial charge is 0.396 e. The molecule has 0 unspecified atom stereocenters. The lowest BCUT2D eigenvalue weighted by Crippen LogP contribution is -1.90. The van der Waals surface area contributed by atoms with Crippen LogP contribution in [0, 0.1) is 5.82 Å². The molecule has 15 heavy (non-hydrogen) atoms. The van der Waals surface area contributed by atoms with Crippen LogP contribution in [-0.2, 0) is 0 Å². The summed E-state index contributed by atoms with van der Waals surface area (Å²) in [7, 11) is 0. The fraction of sp³-hybridized carbons (Fsp3) is 0. The normalized spacial score (nSPS) is 10.3. The van der Waals surface area contributed by atoms with Crippen LogP contribution in [0.15, 0.2) is 36.7 Å². The average Bonchev–Trinajstić information content (AvgIpc) is 2.22. The summed E-state index contributed by atoms with van der Waals surface area (Å²) in [6.45, 7) is 0. The summed E-state index contributed by atoms with van der Waals surface area (Å²) in [5.41, 5.74) is 6.98. The van der Waals surface area contributed by atoms with Crippen molar-refractivity contribution in [2.24, 2.45) is 0 Å². The van der Waals surface area contributed by atoms with Crippen LogP contribution in [0.2, 0.25) is 5.02 Å². The summed E-state index contributed by atoms with van der Waals surface area (Å²) in [6.07, 6.45) is 3.15. The summed E-state index contributed by atoms with van der Waals surface area (Å²) in [6, 6.07) is 6.33. The van der Waals surface area contributed by atoms with E-state index in [9.17, 15) is 4.39 Å². The molecule has 0 aliphatic carbocycles. The summed E-state index contributed by atoms with van der Waals surface area (Å²) in [5.74, 6) is -0.438. The predicted molar refractivity (Wildman–Crippen MR) is 59.1 cm³/mol. The zero-order valence-electron chi connectivity index (χ0n) is 7.74. The minimum absolute atomic E-state index is 0.133. The summed E-state index contributed by atoms with van der Waals surface area (Å²) < 4.78 is 13.2. The third-order valence-corrected chi connectivity index (χ3v) is 2.25. The lowest BCUT2D eigenvalue weighted by molar-refractivity contribution is 0.633. The highest BCUT2D eigenvalue weighted by Crippen LogP contribution is 2.24. The Morgan fingerprint density at radius 1 is 1.13 bits per heavy atom. The molecular weight excluding hydrogens is 215 g/mol. The topological polar surface area (TPSA) is 38.9 Å². The van der Waals surface area contributed by atoms with E-state index in [0.29, 0.717) is 10.6 Å². The van der Waals surface area contributed by atoms with E-state index in [2.05, 4.69) is 4.98 Å². The Bertz CT molecular complexity index is 500. The summed E-state index contributed by atoms with van der Waals surface area (Å²) >= 11 is 5.78. The summed E-state index contributed by atoms with van der Waals surface area (Å²) in [5, 5.41) is 0.518. The van der Waals surface area contributed by atoms with E-state index in [1.54, 1.807) is 18.3 Å². The first-order valence-electron chi connectivity index (χ1n) is 4.33. The number of halogens is 2. The van der Waals surface area contributed by atoms with Crippen molar-refractivity contribution in [2.75, 3.05) is 5.73 Å². The van der Waals surface area contributed by atoms with Gasteiger partial charge in [-0.1, -0.05) is 17.7 Å². The number of nitrogen functional groups attached to an aromatic ring is 1. The number of pyridine rings is 1. The zero-order valence-corrected chi connectivity index (χ0v) is 8.50. The minimum atomic E-state index is -0.438. The van der Waals surface area contributed by atoms with Crippen molar-refractivity contribution >= 4 is 17.3 Å². The average molecular weight is 223 g/mol. The van der Waals surface area contributed by atoms with E-state index in [1.165, 1.54) is 18.3 Å². The molecule has 0 saturated heterocycles. The second-order valence-corrected chi connectivity index (χ2v) is 3.56. The number of hydrogen-bond donors (Lipinski definition) is 1. The first-order valence-corrected chi connectivity index (χ1v) is 4.70. The van der Waals surface area contributed by atoms with Crippen molar-refractivity contribution in [3.63, 3.8) is 0 Å². The van der Waals surface area contributed by atoms with Gasteiger partial charge in [0.25, 0.3) is 0 Å². The zero-order chi connectivity index (χ0) is 10.8. The Kier molecular flexibility index (Phi) is 2.56. The fourth-order valence-corrected chi connectivity index (χ4v) is 1.45. The fourth-order valence-electron chi connectivity index (χ4n) is 1.28. The van der Waals surface area contributed by atoms with E-state index in [-0.39, 0.29) is 5.69 Å². The number of rotatable bonds is 1. The van der Waals surface area contributed by atoms with Crippen LogP contribution in [0.5, 0.6) is 0 Å². The van der Waals surface area contributed by atoms with Crippen molar-refractivity contribution in [1.82, 2.24) is 4.98 Å². The molecule has 0 radical (unpaired) electrons. The molecule has 0 saturated carbocycles. The highest BCUT2D eigenvalue weighted by molar-refractivity contribution is 6.30. The van der Waals surface area contributed by atoms with Crippen LogP contribution in [0.25, 0.3) is 11.1 Å². The lowest BCUT2D eigenvalue weighted by atomic mass is 10.1. The third kappa shape index (κ3) is 2.07. The molecule has 0 aliphatic rings. The Hall–Kier alpha value is -1.61. The quantitative estimate of drug-likeness (QED) is 0.753. The number of benzene rings is 1. The molecule has 2 N–H and O–H groups in total. The first kappa shape index (κ1) is 9.93. The van der Waals surface area contributed by atoms with Gasteiger partial charge >= 0.3 is 0 Å². The molecule has 2 nitrogen and oxygen atoms in total. The molecule has 0 atom stereocenters. The maximum Gasteiger partial charge on any atom is 0.146 e. The van der Waals surface area contributed by atoms with Gasteiger partial charge in [-0.25, -0.2) is 4.39 Å². The van der Waals surface area contributed by atoms with E-state index in [4.69, 9.17) is 17.3 Å². The van der Waals surface area contributed by atoms with Crippen LogP contribution in [0.1, 0.15) is 0 Å². The van der Waals surface area contributed by atoms with Crippen molar-refractivity contribution < 1.29 is 4.39 Å². The molecular formula is C11H8ClFN2. The minimum Gasteiger partial charge on any atom is -0.396 e. The number of nitrogens with two attached hydrogens (primary N) is 1. The smallest absolute Gasteiger partial charge is 0.146 e. The third-order valence-electron chi connectivity index (χ3n) is 2.04. The Morgan fingerprint density at radius 3 is 2.60 bits per heavy atom.